The Balaban J connectivity index is 1.68. The Morgan fingerprint density at radius 2 is 2.20 bits per heavy atom. The fourth-order valence-corrected chi connectivity index (χ4v) is 3.60. The third-order valence-electron chi connectivity index (χ3n) is 4.26. The van der Waals surface area contributed by atoms with Crippen LogP contribution in [0.3, 0.4) is 0 Å². The van der Waals surface area contributed by atoms with Crippen molar-refractivity contribution in [3.05, 3.63) is 34.3 Å². The van der Waals surface area contributed by atoms with Gasteiger partial charge in [-0.05, 0) is 43.4 Å². The number of carbonyl (C=O) groups excluding carboxylic acids is 1. The number of ether oxygens (including phenoxy) is 1. The molecule has 20 heavy (non-hydrogen) atoms. The summed E-state index contributed by atoms with van der Waals surface area (Å²) < 4.78 is 6.64. The second-order valence-electron chi connectivity index (χ2n) is 5.68. The fourth-order valence-electron chi connectivity index (χ4n) is 3.19. The van der Waals surface area contributed by atoms with Gasteiger partial charge in [-0.2, -0.15) is 0 Å². The highest BCUT2D eigenvalue weighted by Crippen LogP contribution is 2.29. The molecule has 2 saturated heterocycles. The predicted octanol–water partition coefficient (Wildman–Crippen LogP) is 3.33. The quantitative estimate of drug-likeness (QED) is 0.828. The number of benzene rings is 1. The monoisotopic (exact) mass is 337 g/mol. The van der Waals surface area contributed by atoms with E-state index in [1.807, 2.05) is 11.0 Å². The highest BCUT2D eigenvalue weighted by atomic mass is 79.9. The minimum atomic E-state index is -0.184. The lowest BCUT2D eigenvalue weighted by Crippen LogP contribution is -2.44. The van der Waals surface area contributed by atoms with Crippen LogP contribution in [0.25, 0.3) is 0 Å². The SMILES string of the molecule is O=C(C1CCCO1)N1CCCC(c2cccc(Br)c2)C1. The van der Waals surface area contributed by atoms with Crippen LogP contribution in [0, 0.1) is 0 Å². The largest absolute Gasteiger partial charge is 0.368 e. The smallest absolute Gasteiger partial charge is 0.251 e. The molecule has 0 bridgehead atoms. The molecule has 3 rings (SSSR count). The van der Waals surface area contributed by atoms with Crippen LogP contribution >= 0.6 is 15.9 Å². The van der Waals surface area contributed by atoms with Gasteiger partial charge in [-0.1, -0.05) is 28.1 Å². The van der Waals surface area contributed by atoms with Gasteiger partial charge in [0.15, 0.2) is 0 Å². The molecule has 2 unspecified atom stereocenters. The molecule has 3 nitrogen and oxygen atoms in total. The van der Waals surface area contributed by atoms with Crippen molar-refractivity contribution in [1.29, 1.82) is 0 Å². The zero-order valence-electron chi connectivity index (χ0n) is 11.6. The molecule has 2 heterocycles. The van der Waals surface area contributed by atoms with Crippen LogP contribution in [0.2, 0.25) is 0 Å². The lowest BCUT2D eigenvalue weighted by molar-refractivity contribution is -0.142. The molecule has 1 aromatic rings. The van der Waals surface area contributed by atoms with E-state index >= 15 is 0 Å². The van der Waals surface area contributed by atoms with Crippen molar-refractivity contribution < 1.29 is 9.53 Å². The second kappa shape index (κ2) is 6.27. The van der Waals surface area contributed by atoms with Crippen molar-refractivity contribution >= 4 is 21.8 Å². The highest BCUT2D eigenvalue weighted by molar-refractivity contribution is 9.10. The molecule has 0 saturated carbocycles. The third-order valence-corrected chi connectivity index (χ3v) is 4.75. The van der Waals surface area contributed by atoms with Gasteiger partial charge in [0.2, 0.25) is 0 Å². The van der Waals surface area contributed by atoms with Gasteiger partial charge in [0.1, 0.15) is 6.10 Å². The predicted molar refractivity (Wildman–Crippen MR) is 81.7 cm³/mol. The van der Waals surface area contributed by atoms with Crippen molar-refractivity contribution in [3.8, 4) is 0 Å². The molecule has 4 heteroatoms. The maximum absolute atomic E-state index is 12.4. The normalized spacial score (nSPS) is 26.8. The van der Waals surface area contributed by atoms with Crippen molar-refractivity contribution in [2.75, 3.05) is 19.7 Å². The van der Waals surface area contributed by atoms with Crippen molar-refractivity contribution in [2.45, 2.75) is 37.7 Å². The van der Waals surface area contributed by atoms with Crippen LogP contribution < -0.4 is 0 Å². The van der Waals surface area contributed by atoms with Crippen LogP contribution in [0.4, 0.5) is 0 Å². The molecular weight excluding hydrogens is 318 g/mol. The van der Waals surface area contributed by atoms with Crippen LogP contribution in [-0.2, 0) is 9.53 Å². The average Bonchev–Trinajstić information content (AvgIpc) is 3.01. The summed E-state index contributed by atoms with van der Waals surface area (Å²) in [5, 5.41) is 0. The van der Waals surface area contributed by atoms with Gasteiger partial charge >= 0.3 is 0 Å². The van der Waals surface area contributed by atoms with Gasteiger partial charge in [0.25, 0.3) is 5.91 Å². The maximum Gasteiger partial charge on any atom is 0.251 e. The summed E-state index contributed by atoms with van der Waals surface area (Å²) in [4.78, 5) is 14.4. The number of amides is 1. The molecule has 0 aliphatic carbocycles. The van der Waals surface area contributed by atoms with Crippen LogP contribution in [-0.4, -0.2) is 36.6 Å². The lowest BCUT2D eigenvalue weighted by Gasteiger charge is -2.34. The maximum atomic E-state index is 12.4. The summed E-state index contributed by atoms with van der Waals surface area (Å²) in [5.74, 6) is 0.647. The van der Waals surface area contributed by atoms with E-state index in [0.29, 0.717) is 5.92 Å². The Morgan fingerprint density at radius 3 is 2.95 bits per heavy atom. The third kappa shape index (κ3) is 3.07. The Morgan fingerprint density at radius 1 is 1.30 bits per heavy atom. The Labute approximate surface area is 128 Å². The Hall–Kier alpha value is -0.870. The molecule has 2 aliphatic heterocycles. The molecule has 0 radical (unpaired) electrons. The number of halogens is 1. The van der Waals surface area contributed by atoms with Gasteiger partial charge in [-0.25, -0.2) is 0 Å². The van der Waals surface area contributed by atoms with E-state index in [9.17, 15) is 4.79 Å². The molecule has 2 atom stereocenters. The van der Waals surface area contributed by atoms with Crippen molar-refractivity contribution in [1.82, 2.24) is 4.90 Å². The second-order valence-corrected chi connectivity index (χ2v) is 6.60. The standard InChI is InChI=1S/C16H20BrNO2/c17-14-6-1-4-12(10-14)13-5-2-8-18(11-13)16(19)15-7-3-9-20-15/h1,4,6,10,13,15H,2-3,5,7-9,11H2. The number of nitrogens with zero attached hydrogens (tertiary/aromatic N) is 1. The van der Waals surface area contributed by atoms with E-state index < -0.39 is 0 Å². The summed E-state index contributed by atoms with van der Waals surface area (Å²) in [7, 11) is 0. The van der Waals surface area contributed by atoms with Crippen LogP contribution in [0.1, 0.15) is 37.2 Å². The van der Waals surface area contributed by atoms with Gasteiger partial charge < -0.3 is 9.64 Å². The zero-order valence-corrected chi connectivity index (χ0v) is 13.1. The molecule has 1 aromatic carbocycles. The minimum absolute atomic E-state index is 0.184. The molecule has 2 fully saturated rings. The Kier molecular flexibility index (Phi) is 4.41. The fraction of sp³-hybridized carbons (Fsp3) is 0.562. The van der Waals surface area contributed by atoms with E-state index in [2.05, 4.69) is 34.1 Å². The van der Waals surface area contributed by atoms with Crippen molar-refractivity contribution in [3.63, 3.8) is 0 Å². The molecular formula is C16H20BrNO2. The number of hydrogen-bond acceptors (Lipinski definition) is 2. The molecule has 0 spiro atoms. The summed E-state index contributed by atoms with van der Waals surface area (Å²) in [6.07, 6.45) is 3.95. The van der Waals surface area contributed by atoms with Crippen LogP contribution in [0.15, 0.2) is 28.7 Å². The number of likely N-dealkylation sites (tertiary alicyclic amines) is 1. The lowest BCUT2D eigenvalue weighted by atomic mass is 9.90. The number of piperidine rings is 1. The summed E-state index contributed by atoms with van der Waals surface area (Å²) >= 11 is 3.53. The summed E-state index contributed by atoms with van der Waals surface area (Å²) in [6, 6.07) is 8.45. The van der Waals surface area contributed by atoms with E-state index in [-0.39, 0.29) is 12.0 Å². The number of carbonyl (C=O) groups is 1. The van der Waals surface area contributed by atoms with E-state index in [4.69, 9.17) is 4.74 Å². The summed E-state index contributed by atoms with van der Waals surface area (Å²) in [5.41, 5.74) is 1.32. The van der Waals surface area contributed by atoms with E-state index in [0.717, 1.165) is 49.9 Å². The average molecular weight is 338 g/mol. The Bertz CT molecular complexity index is 485. The van der Waals surface area contributed by atoms with Gasteiger partial charge in [-0.15, -0.1) is 0 Å². The first-order valence-corrected chi connectivity index (χ1v) is 8.19. The van der Waals surface area contributed by atoms with Crippen LogP contribution in [0.5, 0.6) is 0 Å². The van der Waals surface area contributed by atoms with Gasteiger partial charge in [-0.3, -0.25) is 4.79 Å². The van der Waals surface area contributed by atoms with Gasteiger partial charge in [0, 0.05) is 30.1 Å². The van der Waals surface area contributed by atoms with Gasteiger partial charge in [0.05, 0.1) is 0 Å². The van der Waals surface area contributed by atoms with Crippen molar-refractivity contribution in [2.24, 2.45) is 0 Å². The summed E-state index contributed by atoms with van der Waals surface area (Å²) in [6.45, 7) is 2.44. The first-order chi connectivity index (χ1) is 9.74. The molecule has 1 amide bonds. The number of hydrogen-bond donors (Lipinski definition) is 0. The highest BCUT2D eigenvalue weighted by Gasteiger charge is 2.31. The number of rotatable bonds is 2. The molecule has 108 valence electrons. The topological polar surface area (TPSA) is 29.5 Å². The molecule has 2 aliphatic rings. The first kappa shape index (κ1) is 14.1. The first-order valence-electron chi connectivity index (χ1n) is 7.40. The van der Waals surface area contributed by atoms with E-state index in [1.54, 1.807) is 0 Å². The minimum Gasteiger partial charge on any atom is -0.368 e. The molecule has 0 N–H and O–H groups in total. The molecule has 0 aromatic heterocycles. The van der Waals surface area contributed by atoms with E-state index in [1.165, 1.54) is 5.56 Å². The zero-order chi connectivity index (χ0) is 13.9.